The summed E-state index contributed by atoms with van der Waals surface area (Å²) in [5.74, 6) is 0.806. The van der Waals surface area contributed by atoms with Gasteiger partial charge in [-0.15, -0.1) is 0 Å². The number of fused-ring (bicyclic) bond motifs is 1. The Morgan fingerprint density at radius 1 is 1.05 bits per heavy atom. The van der Waals surface area contributed by atoms with Crippen LogP contribution < -0.4 is 4.90 Å². The standard InChI is InChI=1S/C29H32N6O2/c1-29(2,20-36)19-34-18-23(17-30-34)22-14-24-26(15-22)31-28(16-27(24)33-10-12-37-13-11-33)35-9-8-25(32-35)21-6-4-3-5-7-21/h3-9,15-18,36H,10-14,19-20H2,1-2H3. The second-order valence-electron chi connectivity index (χ2n) is 10.6. The molecular weight excluding hydrogens is 464 g/mol. The van der Waals surface area contributed by atoms with Crippen molar-refractivity contribution in [2.45, 2.75) is 26.8 Å². The first-order valence-corrected chi connectivity index (χ1v) is 12.8. The summed E-state index contributed by atoms with van der Waals surface area (Å²) in [7, 11) is 0. The van der Waals surface area contributed by atoms with Gasteiger partial charge in [0.15, 0.2) is 5.82 Å². The van der Waals surface area contributed by atoms with E-state index in [9.17, 15) is 5.11 Å². The fourth-order valence-electron chi connectivity index (χ4n) is 4.98. The fourth-order valence-corrected chi connectivity index (χ4v) is 4.98. The van der Waals surface area contributed by atoms with Crippen LogP contribution in [0.2, 0.25) is 0 Å². The third-order valence-electron chi connectivity index (χ3n) is 7.06. The van der Waals surface area contributed by atoms with Crippen LogP contribution in [0.15, 0.2) is 61.1 Å². The third kappa shape index (κ3) is 4.82. The fraction of sp³-hybridized carbons (Fsp3) is 0.345. The molecule has 1 fully saturated rings. The molecule has 8 nitrogen and oxygen atoms in total. The molecule has 190 valence electrons. The maximum absolute atomic E-state index is 9.65. The minimum atomic E-state index is -0.224. The molecule has 0 amide bonds. The second-order valence-corrected chi connectivity index (χ2v) is 10.6. The van der Waals surface area contributed by atoms with Crippen LogP contribution in [-0.4, -0.2) is 62.6 Å². The van der Waals surface area contributed by atoms with Gasteiger partial charge in [-0.2, -0.15) is 10.2 Å². The molecule has 1 aromatic carbocycles. The van der Waals surface area contributed by atoms with Crippen LogP contribution in [-0.2, 0) is 17.7 Å². The van der Waals surface area contributed by atoms with E-state index >= 15 is 0 Å². The van der Waals surface area contributed by atoms with Gasteiger partial charge in [-0.05, 0) is 17.7 Å². The lowest BCUT2D eigenvalue weighted by atomic mass is 9.95. The molecule has 4 aromatic rings. The van der Waals surface area contributed by atoms with Crippen LogP contribution in [0, 0.1) is 5.41 Å². The number of anilines is 1. The summed E-state index contributed by atoms with van der Waals surface area (Å²) in [5, 5.41) is 19.1. The number of allylic oxidation sites excluding steroid dienone is 1. The largest absolute Gasteiger partial charge is 0.396 e. The average molecular weight is 497 g/mol. The van der Waals surface area contributed by atoms with Crippen molar-refractivity contribution in [3.8, 4) is 17.1 Å². The van der Waals surface area contributed by atoms with E-state index in [0.29, 0.717) is 6.54 Å². The van der Waals surface area contributed by atoms with Gasteiger partial charge >= 0.3 is 0 Å². The molecule has 8 heteroatoms. The molecule has 1 saturated heterocycles. The average Bonchev–Trinajstić information content (AvgIpc) is 3.68. The monoisotopic (exact) mass is 496 g/mol. The van der Waals surface area contributed by atoms with Gasteiger partial charge < -0.3 is 14.7 Å². The number of rotatable bonds is 7. The molecule has 3 aromatic heterocycles. The van der Waals surface area contributed by atoms with Gasteiger partial charge in [0.1, 0.15) is 0 Å². The van der Waals surface area contributed by atoms with Crippen molar-refractivity contribution < 1.29 is 9.84 Å². The van der Waals surface area contributed by atoms with Gasteiger partial charge in [-0.3, -0.25) is 4.68 Å². The molecule has 1 aliphatic heterocycles. The van der Waals surface area contributed by atoms with Gasteiger partial charge in [-0.25, -0.2) is 9.67 Å². The highest BCUT2D eigenvalue weighted by atomic mass is 16.5. The Bertz CT molecular complexity index is 1430. The zero-order valence-electron chi connectivity index (χ0n) is 21.3. The molecule has 2 aliphatic rings. The third-order valence-corrected chi connectivity index (χ3v) is 7.06. The number of aliphatic hydroxyl groups is 1. The quantitative estimate of drug-likeness (QED) is 0.415. The van der Waals surface area contributed by atoms with Crippen molar-refractivity contribution in [1.29, 1.82) is 0 Å². The minimum Gasteiger partial charge on any atom is -0.396 e. The van der Waals surface area contributed by atoms with Gasteiger partial charge in [0.05, 0.1) is 30.8 Å². The molecule has 0 unspecified atom stereocenters. The van der Waals surface area contributed by atoms with Crippen LogP contribution in [0.1, 0.15) is 30.7 Å². The number of pyridine rings is 1. The smallest absolute Gasteiger partial charge is 0.156 e. The van der Waals surface area contributed by atoms with Crippen molar-refractivity contribution in [2.24, 2.45) is 5.41 Å². The number of morpholine rings is 1. The second kappa shape index (κ2) is 9.61. The van der Waals surface area contributed by atoms with E-state index in [0.717, 1.165) is 61.1 Å². The predicted octanol–water partition coefficient (Wildman–Crippen LogP) is 4.08. The lowest BCUT2D eigenvalue weighted by Gasteiger charge is -2.31. The first kappa shape index (κ1) is 23.6. The Kier molecular flexibility index (Phi) is 6.14. The summed E-state index contributed by atoms with van der Waals surface area (Å²) < 4.78 is 9.42. The maximum Gasteiger partial charge on any atom is 0.156 e. The number of hydrogen-bond donors (Lipinski definition) is 1. The van der Waals surface area contributed by atoms with Crippen molar-refractivity contribution in [3.05, 3.63) is 77.9 Å². The summed E-state index contributed by atoms with van der Waals surface area (Å²) in [4.78, 5) is 7.45. The van der Waals surface area contributed by atoms with E-state index in [1.54, 1.807) is 0 Å². The lowest BCUT2D eigenvalue weighted by molar-refractivity contribution is 0.122. The van der Waals surface area contributed by atoms with Crippen molar-refractivity contribution >= 4 is 17.3 Å². The van der Waals surface area contributed by atoms with Gasteiger partial charge in [-0.1, -0.05) is 44.2 Å². The zero-order valence-corrected chi connectivity index (χ0v) is 21.3. The van der Waals surface area contributed by atoms with Crippen LogP contribution in [0.4, 0.5) is 5.69 Å². The number of aliphatic hydroxyl groups excluding tert-OH is 1. The highest BCUT2D eigenvalue weighted by molar-refractivity contribution is 5.90. The Labute approximate surface area is 216 Å². The highest BCUT2D eigenvalue weighted by Gasteiger charge is 2.26. The van der Waals surface area contributed by atoms with E-state index in [-0.39, 0.29) is 12.0 Å². The summed E-state index contributed by atoms with van der Waals surface area (Å²) in [6.45, 7) is 8.01. The van der Waals surface area contributed by atoms with E-state index in [1.165, 1.54) is 16.8 Å². The number of hydrogen-bond acceptors (Lipinski definition) is 6. The van der Waals surface area contributed by atoms with Gasteiger partial charge in [0.2, 0.25) is 0 Å². The molecule has 37 heavy (non-hydrogen) atoms. The van der Waals surface area contributed by atoms with Gasteiger partial charge in [0, 0.05) is 78.9 Å². The van der Waals surface area contributed by atoms with E-state index < -0.39 is 0 Å². The molecule has 1 aliphatic carbocycles. The molecule has 6 rings (SSSR count). The SMILES string of the molecule is CC(C)(CO)Cn1cc(C2=Cc3nc(-n4ccc(-c5ccccc5)n4)cc(N4CCOCC4)c3C2)cn1. The van der Waals surface area contributed by atoms with Crippen LogP contribution in [0.5, 0.6) is 0 Å². The number of aromatic nitrogens is 5. The van der Waals surface area contributed by atoms with E-state index in [4.69, 9.17) is 14.8 Å². The topological polar surface area (TPSA) is 81.2 Å². The Hall–Kier alpha value is -3.75. The first-order valence-electron chi connectivity index (χ1n) is 12.8. The normalized spacial score (nSPS) is 15.6. The van der Waals surface area contributed by atoms with E-state index in [1.807, 2.05) is 59.9 Å². The summed E-state index contributed by atoms with van der Waals surface area (Å²) in [6, 6.07) is 14.4. The lowest BCUT2D eigenvalue weighted by Crippen LogP contribution is -2.37. The Morgan fingerprint density at radius 2 is 1.86 bits per heavy atom. The zero-order chi connectivity index (χ0) is 25.4. The summed E-state index contributed by atoms with van der Waals surface area (Å²) >= 11 is 0. The van der Waals surface area contributed by atoms with Crippen LogP contribution in [0.25, 0.3) is 28.7 Å². The summed E-state index contributed by atoms with van der Waals surface area (Å²) in [6.07, 6.45) is 8.96. The van der Waals surface area contributed by atoms with Crippen molar-refractivity contribution in [2.75, 3.05) is 37.8 Å². The molecule has 0 radical (unpaired) electrons. The van der Waals surface area contributed by atoms with Gasteiger partial charge in [0.25, 0.3) is 0 Å². The first-order chi connectivity index (χ1) is 18.0. The van der Waals surface area contributed by atoms with Crippen molar-refractivity contribution in [1.82, 2.24) is 24.5 Å². The molecule has 1 N–H and O–H groups in total. The molecular formula is C29H32N6O2. The maximum atomic E-state index is 9.65. The number of ether oxygens (including phenoxy) is 1. The highest BCUT2D eigenvalue weighted by Crippen LogP contribution is 2.38. The molecule has 0 spiro atoms. The predicted molar refractivity (Wildman–Crippen MR) is 144 cm³/mol. The van der Waals surface area contributed by atoms with Crippen molar-refractivity contribution in [3.63, 3.8) is 0 Å². The number of nitrogens with zero attached hydrogens (tertiary/aromatic N) is 6. The molecule has 0 bridgehead atoms. The Morgan fingerprint density at radius 3 is 2.65 bits per heavy atom. The van der Waals surface area contributed by atoms with E-state index in [2.05, 4.69) is 40.5 Å². The summed E-state index contributed by atoms with van der Waals surface area (Å²) in [5.41, 5.74) is 7.48. The molecule has 4 heterocycles. The van der Waals surface area contributed by atoms with Crippen LogP contribution in [0.3, 0.4) is 0 Å². The molecule has 0 saturated carbocycles. The van der Waals surface area contributed by atoms with Crippen LogP contribution >= 0.6 is 0 Å². The Balaban J connectivity index is 1.35. The number of benzene rings is 1. The minimum absolute atomic E-state index is 0.116. The molecule has 0 atom stereocenters.